The lowest BCUT2D eigenvalue weighted by molar-refractivity contribution is -0.124. The van der Waals surface area contributed by atoms with Gasteiger partial charge in [0.25, 0.3) is 0 Å². The highest BCUT2D eigenvalue weighted by Gasteiger charge is 2.33. The number of carbonyl (C=O) groups is 2. The van der Waals surface area contributed by atoms with Gasteiger partial charge in [0.1, 0.15) is 11.6 Å². The Hall–Kier alpha value is -2.04. The SMILES string of the molecule is CC(C)[C@@H](C(N)=O)N(CCc1ccccc1)C(=O)OC(C)(C)C. The maximum atomic E-state index is 12.5. The van der Waals surface area contributed by atoms with Crippen LogP contribution in [0.2, 0.25) is 0 Å². The van der Waals surface area contributed by atoms with Gasteiger partial charge in [-0.15, -0.1) is 0 Å². The van der Waals surface area contributed by atoms with Gasteiger partial charge in [-0.3, -0.25) is 9.69 Å². The van der Waals surface area contributed by atoms with Crippen molar-refractivity contribution in [3.05, 3.63) is 35.9 Å². The number of hydrogen-bond acceptors (Lipinski definition) is 3. The summed E-state index contributed by atoms with van der Waals surface area (Å²) >= 11 is 0. The lowest BCUT2D eigenvalue weighted by Gasteiger charge is -2.34. The van der Waals surface area contributed by atoms with Crippen LogP contribution in [0.4, 0.5) is 4.79 Å². The molecule has 1 atom stereocenters. The van der Waals surface area contributed by atoms with Gasteiger partial charge in [0.05, 0.1) is 0 Å². The molecule has 0 radical (unpaired) electrons. The summed E-state index contributed by atoms with van der Waals surface area (Å²) in [6.07, 6.45) is 0.127. The first kappa shape index (κ1) is 19.0. The average molecular weight is 320 g/mol. The van der Waals surface area contributed by atoms with Crippen LogP contribution in [0.3, 0.4) is 0 Å². The molecule has 1 aromatic carbocycles. The molecule has 5 heteroatoms. The number of primary amides is 1. The molecule has 0 spiro atoms. The molecule has 0 saturated carbocycles. The summed E-state index contributed by atoms with van der Waals surface area (Å²) in [6.45, 7) is 9.52. The van der Waals surface area contributed by atoms with Crippen molar-refractivity contribution in [3.63, 3.8) is 0 Å². The van der Waals surface area contributed by atoms with Gasteiger partial charge in [0.15, 0.2) is 0 Å². The second-order valence-corrected chi connectivity index (χ2v) is 7.00. The third-order valence-corrected chi connectivity index (χ3v) is 3.37. The fourth-order valence-electron chi connectivity index (χ4n) is 2.40. The molecule has 0 unspecified atom stereocenters. The fraction of sp³-hybridized carbons (Fsp3) is 0.556. The van der Waals surface area contributed by atoms with Crippen LogP contribution in [0.25, 0.3) is 0 Å². The van der Waals surface area contributed by atoms with E-state index in [2.05, 4.69) is 0 Å². The van der Waals surface area contributed by atoms with Gasteiger partial charge in [0.2, 0.25) is 5.91 Å². The molecule has 23 heavy (non-hydrogen) atoms. The Morgan fingerprint density at radius 1 is 1.17 bits per heavy atom. The smallest absolute Gasteiger partial charge is 0.410 e. The molecule has 0 bridgehead atoms. The fourth-order valence-corrected chi connectivity index (χ4v) is 2.40. The van der Waals surface area contributed by atoms with Crippen LogP contribution in [0.5, 0.6) is 0 Å². The summed E-state index contributed by atoms with van der Waals surface area (Å²) in [5.74, 6) is -0.602. The van der Waals surface area contributed by atoms with Crippen LogP contribution in [0, 0.1) is 5.92 Å². The van der Waals surface area contributed by atoms with Crippen molar-refractivity contribution in [2.45, 2.75) is 52.7 Å². The Morgan fingerprint density at radius 3 is 2.17 bits per heavy atom. The quantitative estimate of drug-likeness (QED) is 0.876. The second-order valence-electron chi connectivity index (χ2n) is 7.00. The van der Waals surface area contributed by atoms with E-state index in [0.29, 0.717) is 13.0 Å². The summed E-state index contributed by atoms with van der Waals surface area (Å²) in [4.78, 5) is 25.8. The molecular weight excluding hydrogens is 292 g/mol. The monoisotopic (exact) mass is 320 g/mol. The predicted molar refractivity (Wildman–Crippen MR) is 90.9 cm³/mol. The third kappa shape index (κ3) is 6.30. The van der Waals surface area contributed by atoms with E-state index >= 15 is 0 Å². The highest BCUT2D eigenvalue weighted by atomic mass is 16.6. The zero-order chi connectivity index (χ0) is 17.6. The molecule has 0 aliphatic rings. The highest BCUT2D eigenvalue weighted by molar-refractivity contribution is 5.84. The van der Waals surface area contributed by atoms with Crippen LogP contribution in [0.15, 0.2) is 30.3 Å². The van der Waals surface area contributed by atoms with E-state index in [9.17, 15) is 9.59 Å². The number of ether oxygens (including phenoxy) is 1. The van der Waals surface area contributed by atoms with Crippen molar-refractivity contribution in [1.82, 2.24) is 4.90 Å². The topological polar surface area (TPSA) is 72.6 Å². The minimum absolute atomic E-state index is 0.0872. The van der Waals surface area contributed by atoms with Crippen LogP contribution in [-0.4, -0.2) is 35.1 Å². The number of rotatable bonds is 6. The van der Waals surface area contributed by atoms with Crippen molar-refractivity contribution < 1.29 is 14.3 Å². The predicted octanol–water partition coefficient (Wildman–Crippen LogP) is 2.98. The molecule has 2 amide bonds. The Morgan fingerprint density at radius 2 is 1.74 bits per heavy atom. The number of hydrogen-bond donors (Lipinski definition) is 1. The maximum absolute atomic E-state index is 12.5. The Labute approximate surface area is 138 Å². The molecule has 0 aromatic heterocycles. The number of carbonyl (C=O) groups excluding carboxylic acids is 2. The Kier molecular flexibility index (Phi) is 6.61. The normalized spacial score (nSPS) is 12.8. The van der Waals surface area contributed by atoms with Gasteiger partial charge < -0.3 is 10.5 Å². The van der Waals surface area contributed by atoms with Crippen molar-refractivity contribution in [3.8, 4) is 0 Å². The number of nitrogens with two attached hydrogens (primary N) is 1. The zero-order valence-electron chi connectivity index (χ0n) is 14.7. The van der Waals surface area contributed by atoms with Crippen molar-refractivity contribution in [2.75, 3.05) is 6.54 Å². The summed E-state index contributed by atoms with van der Waals surface area (Å²) in [5, 5.41) is 0. The summed E-state index contributed by atoms with van der Waals surface area (Å²) in [6, 6.07) is 9.12. The lowest BCUT2D eigenvalue weighted by Crippen LogP contribution is -2.52. The number of benzene rings is 1. The number of nitrogens with zero attached hydrogens (tertiary/aromatic N) is 1. The molecule has 1 aromatic rings. The van der Waals surface area contributed by atoms with E-state index in [0.717, 1.165) is 5.56 Å². The maximum Gasteiger partial charge on any atom is 0.410 e. The first-order valence-corrected chi connectivity index (χ1v) is 7.94. The summed E-state index contributed by atoms with van der Waals surface area (Å²) in [7, 11) is 0. The van der Waals surface area contributed by atoms with Gasteiger partial charge >= 0.3 is 6.09 Å². The largest absolute Gasteiger partial charge is 0.444 e. The van der Waals surface area contributed by atoms with E-state index in [1.807, 2.05) is 44.2 Å². The third-order valence-electron chi connectivity index (χ3n) is 3.37. The summed E-state index contributed by atoms with van der Waals surface area (Å²) in [5.41, 5.74) is 5.99. The Balaban J connectivity index is 2.95. The molecule has 1 rings (SSSR count). The average Bonchev–Trinajstić information content (AvgIpc) is 2.41. The molecule has 128 valence electrons. The van der Waals surface area contributed by atoms with Crippen LogP contribution in [-0.2, 0) is 16.0 Å². The number of amides is 2. The molecule has 0 saturated heterocycles. The zero-order valence-corrected chi connectivity index (χ0v) is 14.7. The van der Waals surface area contributed by atoms with E-state index in [1.165, 1.54) is 4.90 Å². The van der Waals surface area contributed by atoms with E-state index in [4.69, 9.17) is 10.5 Å². The van der Waals surface area contributed by atoms with Crippen LogP contribution in [0.1, 0.15) is 40.2 Å². The first-order chi connectivity index (χ1) is 10.6. The van der Waals surface area contributed by atoms with Crippen LogP contribution >= 0.6 is 0 Å². The standard InChI is InChI=1S/C18H28N2O3/c1-13(2)15(16(19)21)20(17(22)23-18(3,4)5)12-11-14-9-7-6-8-10-14/h6-10,13,15H,11-12H2,1-5H3,(H2,19,21)/t15-/m0/s1. The van der Waals surface area contributed by atoms with E-state index < -0.39 is 23.6 Å². The molecule has 2 N–H and O–H groups in total. The van der Waals surface area contributed by atoms with Crippen LogP contribution < -0.4 is 5.73 Å². The van der Waals surface area contributed by atoms with Gasteiger partial charge in [-0.1, -0.05) is 44.2 Å². The minimum Gasteiger partial charge on any atom is -0.444 e. The van der Waals surface area contributed by atoms with Crippen molar-refractivity contribution in [1.29, 1.82) is 0 Å². The molecule has 0 aliphatic heterocycles. The van der Waals surface area contributed by atoms with Gasteiger partial charge in [-0.2, -0.15) is 0 Å². The van der Waals surface area contributed by atoms with Gasteiger partial charge in [-0.25, -0.2) is 4.79 Å². The first-order valence-electron chi connectivity index (χ1n) is 7.94. The van der Waals surface area contributed by atoms with Crippen molar-refractivity contribution >= 4 is 12.0 Å². The highest BCUT2D eigenvalue weighted by Crippen LogP contribution is 2.17. The van der Waals surface area contributed by atoms with Gasteiger partial charge in [0, 0.05) is 6.54 Å². The lowest BCUT2D eigenvalue weighted by atomic mass is 10.0. The second kappa shape index (κ2) is 7.99. The van der Waals surface area contributed by atoms with E-state index in [-0.39, 0.29) is 5.92 Å². The van der Waals surface area contributed by atoms with Gasteiger partial charge in [-0.05, 0) is 38.7 Å². The molecule has 0 fully saturated rings. The van der Waals surface area contributed by atoms with Crippen molar-refractivity contribution in [2.24, 2.45) is 11.7 Å². The molecule has 0 aliphatic carbocycles. The molecule has 5 nitrogen and oxygen atoms in total. The Bertz CT molecular complexity index is 521. The minimum atomic E-state index is -0.687. The summed E-state index contributed by atoms with van der Waals surface area (Å²) < 4.78 is 5.45. The molecule has 0 heterocycles. The molecular formula is C18H28N2O3. The van der Waals surface area contributed by atoms with E-state index in [1.54, 1.807) is 20.8 Å².